The van der Waals surface area contributed by atoms with Crippen molar-refractivity contribution >= 4 is 23.2 Å². The summed E-state index contributed by atoms with van der Waals surface area (Å²) in [7, 11) is 0. The summed E-state index contributed by atoms with van der Waals surface area (Å²) in [6.45, 7) is 10.6. The van der Waals surface area contributed by atoms with Gasteiger partial charge in [0, 0.05) is 22.8 Å². The molecule has 1 amide bonds. The van der Waals surface area contributed by atoms with Crippen LogP contribution in [0.1, 0.15) is 50.6 Å². The molecule has 1 aliphatic heterocycles. The fourth-order valence-electron chi connectivity index (χ4n) is 4.12. The Kier molecular flexibility index (Phi) is 6.86. The number of aromatic nitrogens is 2. The molecule has 174 valence electrons. The SMILES string of the molecule is Cc1ccc(Cl)cc1NC(=O)C1CCCN(Cc2nc(-c3ccc(C(C)(C)C)cc3)no2)C1. The third-order valence-electron chi connectivity index (χ3n) is 6.17. The summed E-state index contributed by atoms with van der Waals surface area (Å²) in [6.07, 6.45) is 1.80. The van der Waals surface area contributed by atoms with E-state index in [1.165, 1.54) is 5.56 Å². The summed E-state index contributed by atoms with van der Waals surface area (Å²) in [6, 6.07) is 13.8. The fraction of sp³-hybridized carbons (Fsp3) is 0.423. The van der Waals surface area contributed by atoms with Gasteiger partial charge in [0.15, 0.2) is 0 Å². The summed E-state index contributed by atoms with van der Waals surface area (Å²) < 4.78 is 5.52. The molecule has 1 saturated heterocycles. The van der Waals surface area contributed by atoms with Crippen molar-refractivity contribution in [2.75, 3.05) is 18.4 Å². The largest absolute Gasteiger partial charge is 0.338 e. The molecular weight excluding hydrogens is 436 g/mol. The van der Waals surface area contributed by atoms with Crippen LogP contribution >= 0.6 is 11.6 Å². The summed E-state index contributed by atoms with van der Waals surface area (Å²) in [5.41, 5.74) is 4.06. The first kappa shape index (κ1) is 23.5. The molecular formula is C26H31ClN4O2. The van der Waals surface area contributed by atoms with Gasteiger partial charge in [0.25, 0.3) is 0 Å². The molecule has 7 heteroatoms. The lowest BCUT2D eigenvalue weighted by molar-refractivity contribution is -0.121. The van der Waals surface area contributed by atoms with Crippen LogP contribution in [0.15, 0.2) is 47.0 Å². The summed E-state index contributed by atoms with van der Waals surface area (Å²) in [4.78, 5) is 19.7. The van der Waals surface area contributed by atoms with Crippen LogP contribution in [-0.2, 0) is 16.8 Å². The first-order valence-corrected chi connectivity index (χ1v) is 11.8. The number of anilines is 1. The van der Waals surface area contributed by atoms with Crippen LogP contribution in [0.5, 0.6) is 0 Å². The predicted octanol–water partition coefficient (Wildman–Crippen LogP) is 5.85. The minimum absolute atomic E-state index is 0.0234. The van der Waals surface area contributed by atoms with Crippen LogP contribution < -0.4 is 5.32 Å². The molecule has 1 aliphatic rings. The van der Waals surface area contributed by atoms with E-state index in [1.54, 1.807) is 6.07 Å². The number of hydrogen-bond acceptors (Lipinski definition) is 5. The number of nitrogens with one attached hydrogen (secondary N) is 1. The molecule has 1 fully saturated rings. The lowest BCUT2D eigenvalue weighted by Crippen LogP contribution is -2.40. The van der Waals surface area contributed by atoms with Crippen molar-refractivity contribution in [3.8, 4) is 11.4 Å². The van der Waals surface area contributed by atoms with Gasteiger partial charge in [0.1, 0.15) is 0 Å². The Morgan fingerprint density at radius 3 is 2.70 bits per heavy atom. The zero-order valence-corrected chi connectivity index (χ0v) is 20.4. The van der Waals surface area contributed by atoms with Crippen molar-refractivity contribution in [2.45, 2.75) is 52.5 Å². The topological polar surface area (TPSA) is 71.3 Å². The molecule has 0 aliphatic carbocycles. The van der Waals surface area contributed by atoms with Gasteiger partial charge in [0.2, 0.25) is 17.6 Å². The van der Waals surface area contributed by atoms with E-state index in [1.807, 2.05) is 31.2 Å². The van der Waals surface area contributed by atoms with Crippen LogP contribution in [0.4, 0.5) is 5.69 Å². The van der Waals surface area contributed by atoms with E-state index in [4.69, 9.17) is 16.1 Å². The smallest absolute Gasteiger partial charge is 0.241 e. The lowest BCUT2D eigenvalue weighted by Gasteiger charge is -2.31. The number of carbonyl (C=O) groups excluding carboxylic acids is 1. The van der Waals surface area contributed by atoms with Gasteiger partial charge in [-0.1, -0.05) is 67.9 Å². The number of nitrogens with zero attached hydrogens (tertiary/aromatic N) is 3. The highest BCUT2D eigenvalue weighted by Gasteiger charge is 2.27. The van der Waals surface area contributed by atoms with Crippen molar-refractivity contribution in [3.63, 3.8) is 0 Å². The van der Waals surface area contributed by atoms with Crippen molar-refractivity contribution in [2.24, 2.45) is 5.92 Å². The number of likely N-dealkylation sites (tertiary alicyclic amines) is 1. The highest BCUT2D eigenvalue weighted by molar-refractivity contribution is 6.31. The molecule has 3 aromatic rings. The van der Waals surface area contributed by atoms with E-state index in [2.05, 4.69) is 53.3 Å². The number of aryl methyl sites for hydroxylation is 1. The van der Waals surface area contributed by atoms with Crippen LogP contribution in [0.25, 0.3) is 11.4 Å². The van der Waals surface area contributed by atoms with Gasteiger partial charge < -0.3 is 9.84 Å². The molecule has 1 unspecified atom stereocenters. The fourth-order valence-corrected chi connectivity index (χ4v) is 4.30. The van der Waals surface area contributed by atoms with Crippen LogP contribution in [0.2, 0.25) is 5.02 Å². The van der Waals surface area contributed by atoms with E-state index in [9.17, 15) is 4.79 Å². The van der Waals surface area contributed by atoms with Gasteiger partial charge in [-0.2, -0.15) is 4.98 Å². The highest BCUT2D eigenvalue weighted by atomic mass is 35.5. The Morgan fingerprint density at radius 2 is 1.97 bits per heavy atom. The Labute approximate surface area is 200 Å². The van der Waals surface area contributed by atoms with Crippen molar-refractivity contribution < 1.29 is 9.32 Å². The van der Waals surface area contributed by atoms with Gasteiger partial charge in [-0.25, -0.2) is 0 Å². The van der Waals surface area contributed by atoms with Gasteiger partial charge in [-0.05, 0) is 55.0 Å². The minimum Gasteiger partial charge on any atom is -0.338 e. The van der Waals surface area contributed by atoms with Crippen molar-refractivity contribution in [1.82, 2.24) is 15.0 Å². The Morgan fingerprint density at radius 1 is 1.21 bits per heavy atom. The predicted molar refractivity (Wildman–Crippen MR) is 131 cm³/mol. The average molecular weight is 467 g/mol. The van der Waals surface area contributed by atoms with Crippen LogP contribution in [0.3, 0.4) is 0 Å². The molecule has 6 nitrogen and oxygen atoms in total. The maximum atomic E-state index is 12.9. The molecule has 2 heterocycles. The monoisotopic (exact) mass is 466 g/mol. The van der Waals surface area contributed by atoms with Crippen LogP contribution in [-0.4, -0.2) is 34.0 Å². The number of amides is 1. The number of carbonyl (C=O) groups is 1. The third kappa shape index (κ3) is 5.81. The molecule has 1 aromatic heterocycles. The second-order valence-corrected chi connectivity index (χ2v) is 10.3. The van der Waals surface area contributed by atoms with E-state index in [-0.39, 0.29) is 17.2 Å². The van der Waals surface area contributed by atoms with Crippen LogP contribution in [0, 0.1) is 12.8 Å². The minimum atomic E-state index is -0.0931. The number of rotatable bonds is 5. The third-order valence-corrected chi connectivity index (χ3v) is 6.40. The molecule has 4 rings (SSSR count). The molecule has 0 spiro atoms. The molecule has 1 N–H and O–H groups in total. The molecule has 0 saturated carbocycles. The van der Waals surface area contributed by atoms with Crippen molar-refractivity contribution in [1.29, 1.82) is 0 Å². The first-order chi connectivity index (χ1) is 15.7. The lowest BCUT2D eigenvalue weighted by atomic mass is 9.87. The Bertz CT molecular complexity index is 1120. The Hall–Kier alpha value is -2.70. The molecule has 33 heavy (non-hydrogen) atoms. The zero-order chi connectivity index (χ0) is 23.6. The van der Waals surface area contributed by atoms with E-state index < -0.39 is 0 Å². The summed E-state index contributed by atoms with van der Waals surface area (Å²) in [5, 5.41) is 7.82. The standard InChI is InChI=1S/C26H31ClN4O2/c1-17-7-12-21(27)14-22(17)28-25(32)19-6-5-13-31(15-19)16-23-29-24(30-33-23)18-8-10-20(11-9-18)26(2,3)4/h7-12,14,19H,5-6,13,15-16H2,1-4H3,(H,28,32). The normalized spacial score (nSPS) is 17.2. The van der Waals surface area contributed by atoms with Gasteiger partial charge in [0.05, 0.1) is 12.5 Å². The summed E-state index contributed by atoms with van der Waals surface area (Å²) >= 11 is 6.09. The number of hydrogen-bond donors (Lipinski definition) is 1. The zero-order valence-electron chi connectivity index (χ0n) is 19.7. The summed E-state index contributed by atoms with van der Waals surface area (Å²) in [5.74, 6) is 1.09. The van der Waals surface area contributed by atoms with Crippen molar-refractivity contribution in [3.05, 3.63) is 64.5 Å². The number of piperidine rings is 1. The highest BCUT2D eigenvalue weighted by Crippen LogP contribution is 2.26. The number of benzene rings is 2. The Balaban J connectivity index is 1.37. The quantitative estimate of drug-likeness (QED) is 0.511. The molecule has 1 atom stereocenters. The maximum absolute atomic E-state index is 12.9. The second kappa shape index (κ2) is 9.65. The average Bonchev–Trinajstić information content (AvgIpc) is 3.24. The second-order valence-electron chi connectivity index (χ2n) is 9.86. The maximum Gasteiger partial charge on any atom is 0.241 e. The van der Waals surface area contributed by atoms with E-state index in [0.717, 1.165) is 36.2 Å². The van der Waals surface area contributed by atoms with Gasteiger partial charge in [-0.3, -0.25) is 9.69 Å². The number of halogens is 1. The molecule has 2 aromatic carbocycles. The van der Waals surface area contributed by atoms with Gasteiger partial charge >= 0.3 is 0 Å². The molecule has 0 bridgehead atoms. The van der Waals surface area contributed by atoms with Gasteiger partial charge in [-0.15, -0.1) is 0 Å². The molecule has 0 radical (unpaired) electrons. The first-order valence-electron chi connectivity index (χ1n) is 11.4. The van der Waals surface area contributed by atoms with E-state index >= 15 is 0 Å². The van der Waals surface area contributed by atoms with E-state index in [0.29, 0.717) is 29.8 Å².